The molecule has 0 aliphatic carbocycles. The predicted octanol–water partition coefficient (Wildman–Crippen LogP) is 5.13. The van der Waals surface area contributed by atoms with Gasteiger partial charge in [-0.3, -0.25) is 4.79 Å². The summed E-state index contributed by atoms with van der Waals surface area (Å²) in [6.45, 7) is 4.01. The summed E-state index contributed by atoms with van der Waals surface area (Å²) in [5, 5.41) is 19.0. The standard InChI is InChI=1S/C23H19N5OS/c1-3-20-25-26-23-28(20)27-22(30-23)18-9-8-14(2)19(13-18)24-21(29)17-11-10-15-6-4-5-7-16(15)12-17/h4-13H,3H2,1-2H3,(H,24,29). The zero-order valence-electron chi connectivity index (χ0n) is 16.6. The Labute approximate surface area is 177 Å². The van der Waals surface area contributed by atoms with Gasteiger partial charge in [-0.15, -0.1) is 10.2 Å². The Bertz CT molecular complexity index is 1400. The van der Waals surface area contributed by atoms with E-state index in [1.54, 1.807) is 4.52 Å². The first-order chi connectivity index (χ1) is 14.6. The molecular weight excluding hydrogens is 394 g/mol. The minimum absolute atomic E-state index is 0.132. The Morgan fingerprint density at radius 3 is 2.70 bits per heavy atom. The molecule has 0 fully saturated rings. The SMILES string of the molecule is CCc1nnc2sc(-c3ccc(C)c(NC(=O)c4ccc5ccccc5c4)c3)nn12. The van der Waals surface area contributed by atoms with Crippen LogP contribution in [0.4, 0.5) is 5.69 Å². The van der Waals surface area contributed by atoms with Crippen LogP contribution in [0.5, 0.6) is 0 Å². The van der Waals surface area contributed by atoms with Crippen molar-refractivity contribution in [2.45, 2.75) is 20.3 Å². The smallest absolute Gasteiger partial charge is 0.255 e. The third kappa shape index (κ3) is 3.23. The first-order valence-corrected chi connectivity index (χ1v) is 10.6. The van der Waals surface area contributed by atoms with Crippen molar-refractivity contribution in [3.63, 3.8) is 0 Å². The Kier molecular flexibility index (Phi) is 4.52. The van der Waals surface area contributed by atoms with Crippen molar-refractivity contribution in [3.05, 3.63) is 77.6 Å². The predicted molar refractivity (Wildman–Crippen MR) is 120 cm³/mol. The van der Waals surface area contributed by atoms with Crippen molar-refractivity contribution < 1.29 is 4.79 Å². The minimum Gasteiger partial charge on any atom is -0.322 e. The molecule has 0 unspecified atom stereocenters. The highest BCUT2D eigenvalue weighted by Crippen LogP contribution is 2.29. The second-order valence-corrected chi connectivity index (χ2v) is 8.07. The molecule has 0 spiro atoms. The van der Waals surface area contributed by atoms with Crippen molar-refractivity contribution >= 4 is 38.7 Å². The van der Waals surface area contributed by atoms with Gasteiger partial charge in [-0.25, -0.2) is 0 Å². The van der Waals surface area contributed by atoms with Gasteiger partial charge in [-0.05, 0) is 41.5 Å². The highest BCUT2D eigenvalue weighted by atomic mass is 32.1. The van der Waals surface area contributed by atoms with Gasteiger partial charge in [-0.1, -0.05) is 60.7 Å². The molecule has 5 rings (SSSR count). The lowest BCUT2D eigenvalue weighted by Gasteiger charge is -2.10. The van der Waals surface area contributed by atoms with Gasteiger partial charge in [0.05, 0.1) is 0 Å². The van der Waals surface area contributed by atoms with Gasteiger partial charge in [0, 0.05) is 23.2 Å². The van der Waals surface area contributed by atoms with E-state index in [2.05, 4.69) is 20.6 Å². The zero-order chi connectivity index (χ0) is 20.7. The van der Waals surface area contributed by atoms with E-state index in [0.29, 0.717) is 5.56 Å². The van der Waals surface area contributed by atoms with Crippen LogP contribution < -0.4 is 5.32 Å². The maximum Gasteiger partial charge on any atom is 0.255 e. The summed E-state index contributed by atoms with van der Waals surface area (Å²) in [6.07, 6.45) is 0.769. The number of aryl methyl sites for hydroxylation is 2. The first-order valence-electron chi connectivity index (χ1n) is 9.74. The summed E-state index contributed by atoms with van der Waals surface area (Å²) in [4.78, 5) is 13.7. The number of nitrogens with one attached hydrogen (secondary N) is 1. The Balaban J connectivity index is 1.46. The molecule has 1 N–H and O–H groups in total. The number of carbonyl (C=O) groups is 1. The maximum atomic E-state index is 12.9. The van der Waals surface area contributed by atoms with E-state index in [9.17, 15) is 4.79 Å². The molecule has 0 atom stereocenters. The Morgan fingerprint density at radius 2 is 1.87 bits per heavy atom. The van der Waals surface area contributed by atoms with Gasteiger partial charge >= 0.3 is 0 Å². The molecule has 0 radical (unpaired) electrons. The second-order valence-electron chi connectivity index (χ2n) is 7.12. The fraction of sp³-hybridized carbons (Fsp3) is 0.130. The van der Waals surface area contributed by atoms with E-state index in [1.165, 1.54) is 11.3 Å². The molecule has 0 saturated carbocycles. The third-order valence-electron chi connectivity index (χ3n) is 5.12. The molecule has 0 bridgehead atoms. The Morgan fingerprint density at radius 1 is 1.03 bits per heavy atom. The van der Waals surface area contributed by atoms with Gasteiger partial charge < -0.3 is 5.32 Å². The van der Waals surface area contributed by atoms with E-state index in [4.69, 9.17) is 0 Å². The second kappa shape index (κ2) is 7.35. The van der Waals surface area contributed by atoms with E-state index in [-0.39, 0.29) is 5.91 Å². The van der Waals surface area contributed by atoms with Crippen molar-refractivity contribution in [2.24, 2.45) is 0 Å². The number of carbonyl (C=O) groups excluding carboxylic acids is 1. The molecular formula is C23H19N5OS. The molecule has 3 aromatic carbocycles. The summed E-state index contributed by atoms with van der Waals surface area (Å²) in [5.41, 5.74) is 3.33. The van der Waals surface area contributed by atoms with Crippen molar-refractivity contribution in [3.8, 4) is 10.6 Å². The number of benzene rings is 3. The van der Waals surface area contributed by atoms with Crippen LogP contribution in [-0.4, -0.2) is 25.7 Å². The summed E-state index contributed by atoms with van der Waals surface area (Å²) in [5.74, 6) is 0.705. The highest BCUT2D eigenvalue weighted by Gasteiger charge is 2.14. The number of fused-ring (bicyclic) bond motifs is 2. The number of nitrogens with zero attached hydrogens (tertiary/aromatic N) is 4. The number of amides is 1. The average Bonchev–Trinajstić information content (AvgIpc) is 3.35. The number of anilines is 1. The van der Waals surface area contributed by atoms with E-state index in [0.717, 1.165) is 49.8 Å². The molecule has 0 aliphatic heterocycles. The van der Waals surface area contributed by atoms with Gasteiger partial charge in [0.15, 0.2) is 5.82 Å². The Hall–Kier alpha value is -3.58. The molecule has 5 aromatic rings. The van der Waals surface area contributed by atoms with E-state index < -0.39 is 0 Å². The lowest BCUT2D eigenvalue weighted by molar-refractivity contribution is 0.102. The van der Waals surface area contributed by atoms with Crippen LogP contribution in [0, 0.1) is 6.92 Å². The summed E-state index contributed by atoms with van der Waals surface area (Å²) in [6, 6.07) is 19.7. The summed E-state index contributed by atoms with van der Waals surface area (Å²) >= 11 is 1.48. The largest absolute Gasteiger partial charge is 0.322 e. The van der Waals surface area contributed by atoms with Crippen LogP contribution in [0.3, 0.4) is 0 Å². The van der Waals surface area contributed by atoms with Gasteiger partial charge in [0.25, 0.3) is 5.91 Å². The van der Waals surface area contributed by atoms with E-state index >= 15 is 0 Å². The van der Waals surface area contributed by atoms with Crippen molar-refractivity contribution in [1.82, 2.24) is 19.8 Å². The van der Waals surface area contributed by atoms with Crippen LogP contribution in [-0.2, 0) is 6.42 Å². The van der Waals surface area contributed by atoms with Crippen LogP contribution in [0.1, 0.15) is 28.7 Å². The molecule has 2 heterocycles. The first kappa shape index (κ1) is 18.4. The molecule has 0 aliphatic rings. The molecule has 30 heavy (non-hydrogen) atoms. The van der Waals surface area contributed by atoms with Crippen LogP contribution in [0.25, 0.3) is 26.3 Å². The normalized spacial score (nSPS) is 11.3. The number of hydrogen-bond donors (Lipinski definition) is 1. The monoisotopic (exact) mass is 413 g/mol. The summed E-state index contributed by atoms with van der Waals surface area (Å²) in [7, 11) is 0. The molecule has 2 aromatic heterocycles. The molecule has 1 amide bonds. The molecule has 7 heteroatoms. The van der Waals surface area contributed by atoms with Crippen LogP contribution in [0.2, 0.25) is 0 Å². The fourth-order valence-corrected chi connectivity index (χ4v) is 4.26. The molecule has 0 saturated heterocycles. The number of hydrogen-bond acceptors (Lipinski definition) is 5. The average molecular weight is 414 g/mol. The topological polar surface area (TPSA) is 72.2 Å². The summed E-state index contributed by atoms with van der Waals surface area (Å²) < 4.78 is 1.78. The van der Waals surface area contributed by atoms with Gasteiger partial charge in [0.1, 0.15) is 5.01 Å². The fourth-order valence-electron chi connectivity index (χ4n) is 3.41. The lowest BCUT2D eigenvalue weighted by atomic mass is 10.1. The third-order valence-corrected chi connectivity index (χ3v) is 6.06. The highest BCUT2D eigenvalue weighted by molar-refractivity contribution is 7.19. The van der Waals surface area contributed by atoms with Crippen LogP contribution >= 0.6 is 11.3 Å². The number of aromatic nitrogens is 4. The number of rotatable bonds is 4. The maximum absolute atomic E-state index is 12.9. The van der Waals surface area contributed by atoms with Crippen LogP contribution in [0.15, 0.2) is 60.7 Å². The molecule has 148 valence electrons. The molecule has 6 nitrogen and oxygen atoms in total. The lowest BCUT2D eigenvalue weighted by Crippen LogP contribution is -2.12. The van der Waals surface area contributed by atoms with Gasteiger partial charge in [0.2, 0.25) is 4.96 Å². The quantitative estimate of drug-likeness (QED) is 0.443. The van der Waals surface area contributed by atoms with Crippen molar-refractivity contribution in [1.29, 1.82) is 0 Å². The van der Waals surface area contributed by atoms with E-state index in [1.807, 2.05) is 74.5 Å². The zero-order valence-corrected chi connectivity index (χ0v) is 17.4. The minimum atomic E-state index is -0.132. The van der Waals surface area contributed by atoms with Gasteiger partial charge in [-0.2, -0.15) is 9.61 Å². The van der Waals surface area contributed by atoms with Crippen molar-refractivity contribution in [2.75, 3.05) is 5.32 Å².